The van der Waals surface area contributed by atoms with E-state index in [1.165, 1.54) is 25.7 Å². The second kappa shape index (κ2) is 8.86. The van der Waals surface area contributed by atoms with Gasteiger partial charge >= 0.3 is 0 Å². The maximum Gasteiger partial charge on any atom is 0.169 e. The molecule has 3 aliphatic rings. The van der Waals surface area contributed by atoms with Gasteiger partial charge in [-0.2, -0.15) is 0 Å². The minimum absolute atomic E-state index is 0.154. The fourth-order valence-electron chi connectivity index (χ4n) is 5.15. The molecule has 5 nitrogen and oxygen atoms in total. The van der Waals surface area contributed by atoms with Gasteiger partial charge in [-0.15, -0.1) is 11.3 Å². The third kappa shape index (κ3) is 4.38. The third-order valence-electron chi connectivity index (χ3n) is 7.05. The molecule has 3 heterocycles. The monoisotopic (exact) mass is 463 g/mol. The fraction of sp³-hybridized carbons (Fsp3) is 0.423. The number of aromatic nitrogens is 3. The molecule has 3 aliphatic carbocycles. The molecule has 0 radical (unpaired) electrons. The summed E-state index contributed by atoms with van der Waals surface area (Å²) in [4.78, 5) is 19.2. The molecule has 0 spiro atoms. The number of thiophene rings is 1. The van der Waals surface area contributed by atoms with Crippen LogP contribution in [0.15, 0.2) is 41.9 Å². The number of fused-ring (bicyclic) bond motifs is 4. The van der Waals surface area contributed by atoms with Crippen molar-refractivity contribution < 1.29 is 4.39 Å². The van der Waals surface area contributed by atoms with Crippen LogP contribution in [0.5, 0.6) is 0 Å². The van der Waals surface area contributed by atoms with Gasteiger partial charge in [0.1, 0.15) is 5.52 Å². The van der Waals surface area contributed by atoms with Crippen LogP contribution in [0.25, 0.3) is 22.4 Å². The summed E-state index contributed by atoms with van der Waals surface area (Å²) in [6.07, 6.45) is 9.54. The van der Waals surface area contributed by atoms with E-state index < -0.39 is 0 Å². The molecule has 172 valence electrons. The molecule has 7 heteroatoms. The minimum atomic E-state index is -0.318. The van der Waals surface area contributed by atoms with Crippen LogP contribution in [0.2, 0.25) is 0 Å². The molecule has 2 N–H and O–H groups in total. The van der Waals surface area contributed by atoms with Crippen molar-refractivity contribution in [3.63, 3.8) is 0 Å². The molecule has 33 heavy (non-hydrogen) atoms. The molecule has 0 aliphatic heterocycles. The molecule has 3 aromatic heterocycles. The molecule has 6 rings (SSSR count). The first-order valence-corrected chi connectivity index (χ1v) is 12.5. The van der Waals surface area contributed by atoms with Crippen LogP contribution < -0.4 is 5.32 Å². The van der Waals surface area contributed by atoms with Crippen LogP contribution in [0.1, 0.15) is 60.0 Å². The van der Waals surface area contributed by atoms with Crippen molar-refractivity contribution in [3.8, 4) is 0 Å². The van der Waals surface area contributed by atoms with E-state index in [2.05, 4.69) is 26.8 Å². The van der Waals surface area contributed by atoms with Crippen LogP contribution in [0.3, 0.4) is 0 Å². The second-order valence-electron chi connectivity index (χ2n) is 9.43. The molecule has 0 saturated heterocycles. The Hall–Kier alpha value is -2.80. The summed E-state index contributed by atoms with van der Waals surface area (Å²) >= 11 is 1.59. The van der Waals surface area contributed by atoms with E-state index in [4.69, 9.17) is 4.99 Å². The van der Waals surface area contributed by atoms with Crippen molar-refractivity contribution >= 4 is 39.6 Å². The first-order valence-electron chi connectivity index (χ1n) is 11.7. The second-order valence-corrected chi connectivity index (χ2v) is 10.7. The summed E-state index contributed by atoms with van der Waals surface area (Å²) < 4.78 is 15.9. The van der Waals surface area contributed by atoms with E-state index in [0.29, 0.717) is 28.8 Å². The Kier molecular flexibility index (Phi) is 5.91. The van der Waals surface area contributed by atoms with Gasteiger partial charge in [-0.05, 0) is 64.0 Å². The van der Waals surface area contributed by atoms with E-state index in [1.807, 2.05) is 39.1 Å². The van der Waals surface area contributed by atoms with E-state index >= 15 is 4.39 Å². The predicted molar refractivity (Wildman–Crippen MR) is 135 cm³/mol. The first kappa shape index (κ1) is 22.0. The maximum atomic E-state index is 15.9. The number of H-pyrrole nitrogens is 1. The standard InChI is InChI=1S/C26H30FN5S/c1-14-12-28-26-24(30-14)20(13-29-26)17(4)31-25(23(27)16(3)22-10-5-15(2)33-22)32-21-11-18-6-8-19(21)9-7-18/h5,10,12-13,18-19,21H,4,6-9,11H2,1-3H3,(H,28,29)(H,31,32)/b23-16-. The number of nitrogens with one attached hydrogen (secondary N) is 2. The van der Waals surface area contributed by atoms with Gasteiger partial charge in [0.05, 0.1) is 17.9 Å². The van der Waals surface area contributed by atoms with Crippen molar-refractivity contribution in [3.05, 3.63) is 57.9 Å². The van der Waals surface area contributed by atoms with Crippen molar-refractivity contribution in [1.29, 1.82) is 0 Å². The highest BCUT2D eigenvalue weighted by molar-refractivity contribution is 7.13. The Bertz CT molecular complexity index is 1260. The molecule has 0 aromatic carbocycles. The van der Waals surface area contributed by atoms with Gasteiger partial charge in [0, 0.05) is 32.8 Å². The van der Waals surface area contributed by atoms with Gasteiger partial charge in [0.25, 0.3) is 0 Å². The highest BCUT2D eigenvalue weighted by Gasteiger charge is 2.36. The van der Waals surface area contributed by atoms with Crippen LogP contribution >= 0.6 is 11.3 Å². The molecule has 2 bridgehead atoms. The minimum Gasteiger partial charge on any atom is -0.344 e. The van der Waals surface area contributed by atoms with Gasteiger partial charge in [-0.1, -0.05) is 19.4 Å². The largest absolute Gasteiger partial charge is 0.344 e. The molecular weight excluding hydrogens is 433 g/mol. The summed E-state index contributed by atoms with van der Waals surface area (Å²) in [5.41, 5.74) is 4.16. The summed E-state index contributed by atoms with van der Waals surface area (Å²) in [6, 6.07) is 4.15. The van der Waals surface area contributed by atoms with Crippen LogP contribution in [-0.2, 0) is 0 Å². The summed E-state index contributed by atoms with van der Waals surface area (Å²) in [6.45, 7) is 9.97. The zero-order valence-corrected chi connectivity index (χ0v) is 20.2. The molecule has 1 atom stereocenters. The first-order chi connectivity index (χ1) is 15.9. The summed E-state index contributed by atoms with van der Waals surface area (Å²) in [5, 5.41) is 3.23. The number of nitrogens with zero attached hydrogens (tertiary/aromatic N) is 3. The lowest BCUT2D eigenvalue weighted by molar-refractivity contribution is 0.148. The number of aliphatic imine (C=N–C) groups is 1. The smallest absolute Gasteiger partial charge is 0.169 e. The number of aromatic amines is 1. The lowest BCUT2D eigenvalue weighted by Gasteiger charge is -2.40. The lowest BCUT2D eigenvalue weighted by atomic mass is 9.68. The lowest BCUT2D eigenvalue weighted by Crippen LogP contribution is -2.36. The van der Waals surface area contributed by atoms with Crippen LogP contribution in [-0.4, -0.2) is 26.8 Å². The van der Waals surface area contributed by atoms with Gasteiger partial charge in [-0.3, -0.25) is 4.99 Å². The average Bonchev–Trinajstić information content (AvgIpc) is 3.44. The predicted octanol–water partition coefficient (Wildman–Crippen LogP) is 6.57. The Morgan fingerprint density at radius 2 is 2.03 bits per heavy atom. The molecule has 3 aromatic rings. The molecule has 0 amide bonds. The Labute approximate surface area is 198 Å². The topological polar surface area (TPSA) is 66.0 Å². The Morgan fingerprint density at radius 3 is 2.70 bits per heavy atom. The number of aryl methyl sites for hydroxylation is 2. The highest BCUT2D eigenvalue weighted by atomic mass is 32.1. The SMILES string of the molecule is C=C(NC(=NC1CC2CCC1CC2)/C(F)=C(\C)c1ccc(C)s1)c1c[nH]c2ncc(C)nc12. The Balaban J connectivity index is 1.51. The quantitative estimate of drug-likeness (QED) is 0.332. The van der Waals surface area contributed by atoms with E-state index in [9.17, 15) is 0 Å². The number of hydrogen-bond acceptors (Lipinski definition) is 4. The van der Waals surface area contributed by atoms with Crippen molar-refractivity contribution in [2.24, 2.45) is 16.8 Å². The molecule has 3 saturated carbocycles. The highest BCUT2D eigenvalue weighted by Crippen LogP contribution is 2.43. The third-order valence-corrected chi connectivity index (χ3v) is 8.17. The van der Waals surface area contributed by atoms with Gasteiger partial charge < -0.3 is 10.3 Å². The Morgan fingerprint density at radius 1 is 1.24 bits per heavy atom. The molecular formula is C26H30FN5S. The zero-order valence-electron chi connectivity index (χ0n) is 19.4. The summed E-state index contributed by atoms with van der Waals surface area (Å²) in [7, 11) is 0. The average molecular weight is 464 g/mol. The molecule has 3 fully saturated rings. The molecule has 1 unspecified atom stereocenters. The van der Waals surface area contributed by atoms with Crippen molar-refractivity contribution in [2.45, 2.75) is 58.9 Å². The van der Waals surface area contributed by atoms with Gasteiger partial charge in [-0.25, -0.2) is 14.4 Å². The zero-order chi connectivity index (χ0) is 23.1. The van der Waals surface area contributed by atoms with Crippen molar-refractivity contribution in [2.75, 3.05) is 0 Å². The number of rotatable bonds is 5. The summed E-state index contributed by atoms with van der Waals surface area (Å²) in [5.74, 6) is 1.21. The van der Waals surface area contributed by atoms with E-state index in [0.717, 1.165) is 32.9 Å². The van der Waals surface area contributed by atoms with Gasteiger partial charge in [0.15, 0.2) is 17.3 Å². The van der Waals surface area contributed by atoms with Crippen LogP contribution in [0, 0.1) is 25.7 Å². The number of hydrogen-bond donors (Lipinski definition) is 2. The number of halogens is 1. The fourth-order valence-corrected chi connectivity index (χ4v) is 6.01. The van der Waals surface area contributed by atoms with Crippen LogP contribution in [0.4, 0.5) is 4.39 Å². The van der Waals surface area contributed by atoms with E-state index in [-0.39, 0.29) is 17.7 Å². The van der Waals surface area contributed by atoms with E-state index in [1.54, 1.807) is 17.5 Å². The number of allylic oxidation sites excluding steroid dienone is 1. The maximum absolute atomic E-state index is 15.9. The normalized spacial score (nSPS) is 23.6. The van der Waals surface area contributed by atoms with Gasteiger partial charge in [0.2, 0.25) is 0 Å². The van der Waals surface area contributed by atoms with Crippen molar-refractivity contribution in [1.82, 2.24) is 20.3 Å². The number of amidine groups is 1.